The van der Waals surface area contributed by atoms with E-state index >= 15 is 0 Å². The molecule has 2 nitrogen and oxygen atoms in total. The number of carbonyl (C=O) groups is 1. The van der Waals surface area contributed by atoms with E-state index in [0.29, 0.717) is 0 Å². The van der Waals surface area contributed by atoms with Crippen molar-refractivity contribution in [2.75, 3.05) is 0 Å². The van der Waals surface area contributed by atoms with Gasteiger partial charge in [0.05, 0.1) is 0 Å². The Morgan fingerprint density at radius 2 is 2.00 bits per heavy atom. The number of rotatable bonds is 1. The van der Waals surface area contributed by atoms with Gasteiger partial charge >= 0.3 is 0 Å². The number of hydrogen-bond acceptors (Lipinski definition) is 1. The van der Waals surface area contributed by atoms with Crippen LogP contribution >= 0.6 is 0 Å². The summed E-state index contributed by atoms with van der Waals surface area (Å²) in [6.45, 7) is 6.45. The molecule has 0 bridgehead atoms. The first kappa shape index (κ1) is 9.97. The minimum atomic E-state index is 0.0825. The predicted octanol–water partition coefficient (Wildman–Crippen LogP) is 3.28. The van der Waals surface area contributed by atoms with Crippen LogP contribution in [0.3, 0.4) is 0 Å². The maximum absolute atomic E-state index is 10.9. The number of fused-ring (bicyclic) bond motifs is 1. The van der Waals surface area contributed by atoms with Crippen molar-refractivity contribution in [1.29, 1.82) is 0 Å². The second-order valence-corrected chi connectivity index (χ2v) is 4.86. The van der Waals surface area contributed by atoms with Gasteiger partial charge in [-0.3, -0.25) is 4.79 Å². The van der Waals surface area contributed by atoms with Gasteiger partial charge in [0.1, 0.15) is 0 Å². The monoisotopic (exact) mass is 201 g/mol. The van der Waals surface area contributed by atoms with Crippen LogP contribution in [0.15, 0.2) is 24.3 Å². The summed E-state index contributed by atoms with van der Waals surface area (Å²) in [7, 11) is 0. The molecule has 0 amide bonds. The van der Waals surface area contributed by atoms with Crippen molar-refractivity contribution in [2.24, 2.45) is 0 Å². The summed E-state index contributed by atoms with van der Waals surface area (Å²) in [6.07, 6.45) is 0.905. The summed E-state index contributed by atoms with van der Waals surface area (Å²) in [5.74, 6) is 0. The van der Waals surface area contributed by atoms with Crippen molar-refractivity contribution >= 4 is 17.2 Å². The highest BCUT2D eigenvalue weighted by molar-refractivity contribution is 5.97. The average Bonchev–Trinajstić information content (AvgIpc) is 2.59. The zero-order valence-corrected chi connectivity index (χ0v) is 9.29. The number of H-pyrrole nitrogens is 1. The minimum absolute atomic E-state index is 0.0825. The molecule has 0 saturated carbocycles. The van der Waals surface area contributed by atoms with Gasteiger partial charge in [-0.1, -0.05) is 32.9 Å². The van der Waals surface area contributed by atoms with Crippen LogP contribution in [-0.4, -0.2) is 11.3 Å². The van der Waals surface area contributed by atoms with Gasteiger partial charge in [0.2, 0.25) is 0 Å². The lowest BCUT2D eigenvalue weighted by atomic mass is 9.92. The Kier molecular flexibility index (Phi) is 2.14. The molecule has 0 aliphatic rings. The molecule has 2 heteroatoms. The Balaban J connectivity index is 2.70. The van der Waals surface area contributed by atoms with Crippen molar-refractivity contribution in [2.45, 2.75) is 26.2 Å². The predicted molar refractivity (Wildman–Crippen MR) is 62.4 cm³/mol. The molecule has 0 aliphatic heterocycles. The second kappa shape index (κ2) is 3.23. The van der Waals surface area contributed by atoms with Gasteiger partial charge in [0, 0.05) is 27.6 Å². The van der Waals surface area contributed by atoms with Gasteiger partial charge < -0.3 is 4.98 Å². The van der Waals surface area contributed by atoms with Crippen LogP contribution in [0, 0.1) is 0 Å². The number of carbonyl (C=O) groups excluding carboxylic acids is 1. The van der Waals surface area contributed by atoms with E-state index in [2.05, 4.69) is 31.8 Å². The third-order valence-electron chi connectivity index (χ3n) is 2.63. The number of aromatic nitrogens is 1. The number of aromatic amines is 1. The standard InChI is InChI=1S/C13H15NO/c1-13(2,3)12-7-10-9(8-15)5-4-6-11(10)14-12/h4-8,14H,1-3H3. The second-order valence-electron chi connectivity index (χ2n) is 4.86. The van der Waals surface area contributed by atoms with E-state index in [1.165, 1.54) is 0 Å². The van der Waals surface area contributed by atoms with Crippen molar-refractivity contribution in [1.82, 2.24) is 4.98 Å². The quantitative estimate of drug-likeness (QED) is 0.706. The summed E-state index contributed by atoms with van der Waals surface area (Å²) in [5, 5.41) is 1.01. The number of nitrogens with one attached hydrogen (secondary N) is 1. The van der Waals surface area contributed by atoms with Gasteiger partial charge in [0.25, 0.3) is 0 Å². The molecule has 0 aliphatic carbocycles. The molecule has 2 aromatic rings. The maximum Gasteiger partial charge on any atom is 0.150 e. The van der Waals surface area contributed by atoms with E-state index in [4.69, 9.17) is 0 Å². The number of benzene rings is 1. The van der Waals surface area contributed by atoms with Crippen molar-refractivity contribution in [3.63, 3.8) is 0 Å². The first-order valence-corrected chi connectivity index (χ1v) is 5.10. The van der Waals surface area contributed by atoms with E-state index in [1.54, 1.807) is 0 Å². The molecule has 0 unspecified atom stereocenters. The molecule has 0 saturated heterocycles. The van der Waals surface area contributed by atoms with Crippen LogP contribution in [0.25, 0.3) is 10.9 Å². The van der Waals surface area contributed by atoms with Gasteiger partial charge in [0.15, 0.2) is 6.29 Å². The lowest BCUT2D eigenvalue weighted by molar-refractivity contribution is 0.112. The molecule has 78 valence electrons. The molecule has 0 atom stereocenters. The summed E-state index contributed by atoms with van der Waals surface area (Å²) in [5.41, 5.74) is 3.02. The third-order valence-corrected chi connectivity index (χ3v) is 2.63. The summed E-state index contributed by atoms with van der Waals surface area (Å²) in [4.78, 5) is 14.2. The highest BCUT2D eigenvalue weighted by Gasteiger charge is 2.16. The molecule has 1 aromatic heterocycles. The van der Waals surface area contributed by atoms with Crippen LogP contribution in [0.5, 0.6) is 0 Å². The molecule has 0 spiro atoms. The lowest BCUT2D eigenvalue weighted by Crippen LogP contribution is -2.10. The topological polar surface area (TPSA) is 32.9 Å². The average molecular weight is 201 g/mol. The van der Waals surface area contributed by atoms with Crippen LogP contribution in [-0.2, 0) is 5.41 Å². The zero-order chi connectivity index (χ0) is 11.1. The van der Waals surface area contributed by atoms with Crippen molar-refractivity contribution in [3.05, 3.63) is 35.5 Å². The molecule has 0 fully saturated rings. The summed E-state index contributed by atoms with van der Waals surface area (Å²) < 4.78 is 0. The number of aldehydes is 1. The Labute approximate surface area is 89.3 Å². The molecule has 1 aromatic carbocycles. The van der Waals surface area contributed by atoms with Crippen LogP contribution < -0.4 is 0 Å². The number of hydrogen-bond donors (Lipinski definition) is 1. The molecule has 15 heavy (non-hydrogen) atoms. The van der Waals surface area contributed by atoms with Gasteiger partial charge in [-0.05, 0) is 12.1 Å². The highest BCUT2D eigenvalue weighted by Crippen LogP contribution is 2.26. The molecule has 0 radical (unpaired) electrons. The Morgan fingerprint density at radius 3 is 2.60 bits per heavy atom. The maximum atomic E-state index is 10.9. The molecular weight excluding hydrogens is 186 g/mol. The molecule has 2 rings (SSSR count). The van der Waals surface area contributed by atoms with E-state index in [1.807, 2.05) is 18.2 Å². The Hall–Kier alpha value is -1.57. The minimum Gasteiger partial charge on any atom is -0.358 e. The van der Waals surface area contributed by atoms with Gasteiger partial charge in [-0.2, -0.15) is 0 Å². The fraction of sp³-hybridized carbons (Fsp3) is 0.308. The van der Waals surface area contributed by atoms with E-state index in [0.717, 1.165) is 28.4 Å². The zero-order valence-electron chi connectivity index (χ0n) is 9.29. The smallest absolute Gasteiger partial charge is 0.150 e. The fourth-order valence-electron chi connectivity index (χ4n) is 1.69. The van der Waals surface area contributed by atoms with Crippen LogP contribution in [0.2, 0.25) is 0 Å². The first-order chi connectivity index (χ1) is 7.02. The fourth-order valence-corrected chi connectivity index (χ4v) is 1.69. The van der Waals surface area contributed by atoms with E-state index in [-0.39, 0.29) is 5.41 Å². The van der Waals surface area contributed by atoms with Crippen LogP contribution in [0.1, 0.15) is 36.8 Å². The van der Waals surface area contributed by atoms with Gasteiger partial charge in [-0.15, -0.1) is 0 Å². The van der Waals surface area contributed by atoms with Crippen molar-refractivity contribution < 1.29 is 4.79 Å². The van der Waals surface area contributed by atoms with Crippen molar-refractivity contribution in [3.8, 4) is 0 Å². The Morgan fingerprint density at radius 1 is 1.27 bits per heavy atom. The first-order valence-electron chi connectivity index (χ1n) is 5.10. The lowest BCUT2D eigenvalue weighted by Gasteiger charge is -2.15. The Bertz CT molecular complexity index is 503. The van der Waals surface area contributed by atoms with E-state index < -0.39 is 0 Å². The molecule has 1 N–H and O–H groups in total. The SMILES string of the molecule is CC(C)(C)c1cc2c(C=O)cccc2[nH]1. The van der Waals surface area contributed by atoms with Gasteiger partial charge in [-0.25, -0.2) is 0 Å². The summed E-state index contributed by atoms with van der Waals surface area (Å²) in [6, 6.07) is 7.81. The third kappa shape index (κ3) is 1.67. The molecular formula is C13H15NO. The van der Waals surface area contributed by atoms with E-state index in [9.17, 15) is 4.79 Å². The molecule has 1 heterocycles. The normalized spacial score (nSPS) is 11.9. The van der Waals surface area contributed by atoms with Crippen LogP contribution in [0.4, 0.5) is 0 Å². The largest absolute Gasteiger partial charge is 0.358 e. The highest BCUT2D eigenvalue weighted by atomic mass is 16.1. The summed E-state index contributed by atoms with van der Waals surface area (Å²) >= 11 is 0.